The van der Waals surface area contributed by atoms with Gasteiger partial charge in [-0.1, -0.05) is 0 Å². The second kappa shape index (κ2) is 6.31. The van der Waals surface area contributed by atoms with E-state index in [-0.39, 0.29) is 5.91 Å². The minimum Gasteiger partial charge on any atom is -0.444 e. The fraction of sp³-hybridized carbons (Fsp3) is 0.267. The Hall–Kier alpha value is -2.15. The second-order valence-electron chi connectivity index (χ2n) is 5.01. The van der Waals surface area contributed by atoms with Crippen molar-refractivity contribution < 1.29 is 9.21 Å². The molecule has 0 fully saturated rings. The highest BCUT2D eigenvalue weighted by atomic mass is 79.9. The maximum atomic E-state index is 11.8. The van der Waals surface area contributed by atoms with Gasteiger partial charge < -0.3 is 9.73 Å². The summed E-state index contributed by atoms with van der Waals surface area (Å²) in [5.74, 6) is 0.101. The lowest BCUT2D eigenvalue weighted by molar-refractivity contribution is 0.0924. The molecule has 0 spiro atoms. The number of halogens is 1. The molecule has 1 N–H and O–H groups in total. The van der Waals surface area contributed by atoms with Gasteiger partial charge in [0.2, 0.25) is 0 Å². The topological polar surface area (TPSA) is 72.4 Å². The lowest BCUT2D eigenvalue weighted by atomic mass is 10.2. The molecule has 3 heterocycles. The molecule has 6 nitrogen and oxygen atoms in total. The van der Waals surface area contributed by atoms with Crippen molar-refractivity contribution in [3.63, 3.8) is 0 Å². The van der Waals surface area contributed by atoms with E-state index in [0.29, 0.717) is 17.0 Å². The van der Waals surface area contributed by atoms with Crippen LogP contribution in [0.5, 0.6) is 0 Å². The number of furan rings is 1. The number of aromatic nitrogens is 3. The predicted molar refractivity (Wildman–Crippen MR) is 84.8 cm³/mol. The van der Waals surface area contributed by atoms with E-state index in [2.05, 4.69) is 31.3 Å². The SMILES string of the molecule is Cc1cc2ncc(CCCNC(=O)c3ccc(Br)o3)cn2n1. The number of hydrogen-bond acceptors (Lipinski definition) is 4. The normalized spacial score (nSPS) is 11.0. The van der Waals surface area contributed by atoms with E-state index in [1.54, 1.807) is 16.6 Å². The molecule has 0 unspecified atom stereocenters. The molecule has 0 bridgehead atoms. The van der Waals surface area contributed by atoms with Crippen molar-refractivity contribution in [1.29, 1.82) is 0 Å². The molecular formula is C15H15BrN4O2. The zero-order valence-electron chi connectivity index (χ0n) is 12.0. The van der Waals surface area contributed by atoms with Crippen LogP contribution in [0.2, 0.25) is 0 Å². The van der Waals surface area contributed by atoms with Crippen molar-refractivity contribution in [2.45, 2.75) is 19.8 Å². The summed E-state index contributed by atoms with van der Waals surface area (Å²) in [7, 11) is 0. The largest absolute Gasteiger partial charge is 0.444 e. The molecule has 0 aliphatic carbocycles. The Balaban J connectivity index is 1.50. The average molecular weight is 363 g/mol. The number of carbonyl (C=O) groups excluding carboxylic acids is 1. The smallest absolute Gasteiger partial charge is 0.287 e. The first-order valence-corrected chi connectivity index (χ1v) is 7.75. The summed E-state index contributed by atoms with van der Waals surface area (Å²) in [4.78, 5) is 16.2. The van der Waals surface area contributed by atoms with Crippen molar-refractivity contribution in [3.8, 4) is 0 Å². The first-order chi connectivity index (χ1) is 10.6. The molecule has 3 aromatic rings. The highest BCUT2D eigenvalue weighted by Gasteiger charge is 2.09. The molecular weight excluding hydrogens is 348 g/mol. The van der Waals surface area contributed by atoms with Gasteiger partial charge in [-0.25, -0.2) is 9.50 Å². The Morgan fingerprint density at radius 2 is 2.32 bits per heavy atom. The van der Waals surface area contributed by atoms with Gasteiger partial charge in [0.05, 0.1) is 5.69 Å². The molecule has 0 aliphatic heterocycles. The third kappa shape index (κ3) is 3.36. The summed E-state index contributed by atoms with van der Waals surface area (Å²) in [6.07, 6.45) is 5.47. The van der Waals surface area contributed by atoms with Crippen molar-refractivity contribution in [1.82, 2.24) is 19.9 Å². The van der Waals surface area contributed by atoms with Gasteiger partial charge in [0, 0.05) is 25.0 Å². The highest BCUT2D eigenvalue weighted by molar-refractivity contribution is 9.10. The van der Waals surface area contributed by atoms with Gasteiger partial charge in [-0.2, -0.15) is 5.10 Å². The van der Waals surface area contributed by atoms with E-state index in [1.807, 2.05) is 25.4 Å². The summed E-state index contributed by atoms with van der Waals surface area (Å²) in [6, 6.07) is 5.27. The number of nitrogens with zero attached hydrogens (tertiary/aromatic N) is 3. The van der Waals surface area contributed by atoms with Gasteiger partial charge in [0.25, 0.3) is 5.91 Å². The van der Waals surface area contributed by atoms with Gasteiger partial charge in [0.1, 0.15) is 0 Å². The van der Waals surface area contributed by atoms with Gasteiger partial charge in [-0.05, 0) is 53.4 Å². The Bertz CT molecular complexity index is 809. The lowest BCUT2D eigenvalue weighted by Gasteiger charge is -2.04. The molecule has 3 aromatic heterocycles. The zero-order chi connectivity index (χ0) is 15.5. The van der Waals surface area contributed by atoms with E-state index in [1.165, 1.54) is 0 Å². The van der Waals surface area contributed by atoms with Gasteiger partial charge in [0.15, 0.2) is 16.1 Å². The summed E-state index contributed by atoms with van der Waals surface area (Å²) >= 11 is 3.17. The summed E-state index contributed by atoms with van der Waals surface area (Å²) in [5.41, 5.74) is 2.88. The van der Waals surface area contributed by atoms with Gasteiger partial charge in [-0.15, -0.1) is 0 Å². The number of amides is 1. The zero-order valence-corrected chi connectivity index (χ0v) is 13.6. The second-order valence-corrected chi connectivity index (χ2v) is 5.80. The minimum absolute atomic E-state index is 0.207. The van der Waals surface area contributed by atoms with E-state index >= 15 is 0 Å². The fourth-order valence-corrected chi connectivity index (χ4v) is 2.49. The average Bonchev–Trinajstić information content (AvgIpc) is 3.07. The first kappa shape index (κ1) is 14.8. The molecule has 114 valence electrons. The van der Waals surface area contributed by atoms with E-state index in [9.17, 15) is 4.79 Å². The van der Waals surface area contributed by atoms with Crippen LogP contribution in [0.1, 0.15) is 28.2 Å². The maximum absolute atomic E-state index is 11.8. The molecule has 0 saturated carbocycles. The molecule has 7 heteroatoms. The molecule has 0 aromatic carbocycles. The molecule has 0 saturated heterocycles. The van der Waals surface area contributed by atoms with Crippen molar-refractivity contribution in [2.75, 3.05) is 6.54 Å². The van der Waals surface area contributed by atoms with E-state index in [0.717, 1.165) is 29.7 Å². The van der Waals surface area contributed by atoms with Crippen LogP contribution in [0, 0.1) is 6.92 Å². The number of aryl methyl sites for hydroxylation is 2. The van der Waals surface area contributed by atoms with Crippen LogP contribution in [0.3, 0.4) is 0 Å². The number of fused-ring (bicyclic) bond motifs is 1. The molecule has 1 amide bonds. The Morgan fingerprint density at radius 3 is 3.09 bits per heavy atom. The fourth-order valence-electron chi connectivity index (χ4n) is 2.18. The standard InChI is InChI=1S/C15H15BrN4O2/c1-10-7-14-18-8-11(9-20(14)19-10)3-2-6-17-15(21)12-4-5-13(16)22-12/h4-5,7-9H,2-3,6H2,1H3,(H,17,21). The number of hydrogen-bond donors (Lipinski definition) is 1. The molecule has 3 rings (SSSR count). The number of carbonyl (C=O) groups is 1. The molecule has 0 aliphatic rings. The van der Waals surface area contributed by atoms with Crippen LogP contribution in [-0.2, 0) is 6.42 Å². The van der Waals surface area contributed by atoms with Gasteiger partial charge >= 0.3 is 0 Å². The van der Waals surface area contributed by atoms with Crippen molar-refractivity contribution in [2.24, 2.45) is 0 Å². The molecule has 22 heavy (non-hydrogen) atoms. The Morgan fingerprint density at radius 1 is 1.45 bits per heavy atom. The third-order valence-corrected chi connectivity index (χ3v) is 3.64. The number of nitrogens with one attached hydrogen (secondary N) is 1. The summed E-state index contributed by atoms with van der Waals surface area (Å²) in [5, 5.41) is 7.17. The van der Waals surface area contributed by atoms with E-state index < -0.39 is 0 Å². The molecule has 0 atom stereocenters. The Labute approximate surface area is 135 Å². The van der Waals surface area contributed by atoms with Gasteiger partial charge in [-0.3, -0.25) is 4.79 Å². The quantitative estimate of drug-likeness (QED) is 0.708. The first-order valence-electron chi connectivity index (χ1n) is 6.96. The number of rotatable bonds is 5. The monoisotopic (exact) mass is 362 g/mol. The van der Waals surface area contributed by atoms with Crippen LogP contribution in [0.25, 0.3) is 5.65 Å². The summed E-state index contributed by atoms with van der Waals surface area (Å²) in [6.45, 7) is 2.52. The third-order valence-electron chi connectivity index (χ3n) is 3.21. The van der Waals surface area contributed by atoms with Crippen LogP contribution in [-0.4, -0.2) is 27.0 Å². The molecule has 0 radical (unpaired) electrons. The van der Waals surface area contributed by atoms with Crippen LogP contribution < -0.4 is 5.32 Å². The van der Waals surface area contributed by atoms with Crippen molar-refractivity contribution >= 4 is 27.5 Å². The van der Waals surface area contributed by atoms with Crippen LogP contribution in [0.4, 0.5) is 0 Å². The van der Waals surface area contributed by atoms with Crippen LogP contribution >= 0.6 is 15.9 Å². The summed E-state index contributed by atoms with van der Waals surface area (Å²) < 4.78 is 7.52. The van der Waals surface area contributed by atoms with Crippen molar-refractivity contribution in [3.05, 3.63) is 52.3 Å². The lowest BCUT2D eigenvalue weighted by Crippen LogP contribution is -2.24. The maximum Gasteiger partial charge on any atom is 0.287 e. The highest BCUT2D eigenvalue weighted by Crippen LogP contribution is 2.13. The Kier molecular flexibility index (Phi) is 4.24. The van der Waals surface area contributed by atoms with E-state index in [4.69, 9.17) is 4.42 Å². The predicted octanol–water partition coefficient (Wildman–Crippen LogP) is 2.76. The minimum atomic E-state index is -0.207. The van der Waals surface area contributed by atoms with Crippen LogP contribution in [0.15, 0.2) is 39.7 Å².